The summed E-state index contributed by atoms with van der Waals surface area (Å²) in [5.74, 6) is 1.02. The fourth-order valence-electron chi connectivity index (χ4n) is 4.75. The highest BCUT2D eigenvalue weighted by Gasteiger charge is 2.44. The van der Waals surface area contributed by atoms with Gasteiger partial charge < -0.3 is 19.4 Å². The number of rotatable bonds is 1. The molecule has 2 aliphatic heterocycles. The van der Waals surface area contributed by atoms with Gasteiger partial charge >= 0.3 is 0 Å². The van der Waals surface area contributed by atoms with Gasteiger partial charge in [-0.3, -0.25) is 14.2 Å². The molecule has 6 rings (SSSR count). The van der Waals surface area contributed by atoms with E-state index in [-0.39, 0.29) is 18.1 Å². The Morgan fingerprint density at radius 1 is 1.00 bits per heavy atom. The van der Waals surface area contributed by atoms with Gasteiger partial charge in [-0.1, -0.05) is 36.4 Å². The third-order valence-corrected chi connectivity index (χ3v) is 6.76. The van der Waals surface area contributed by atoms with Crippen LogP contribution < -0.4 is 20.3 Å². The van der Waals surface area contributed by atoms with Gasteiger partial charge in [-0.25, -0.2) is 0 Å². The van der Waals surface area contributed by atoms with Gasteiger partial charge in [0.1, 0.15) is 5.82 Å². The third-order valence-electron chi connectivity index (χ3n) is 6.21. The number of para-hydroxylation sites is 1. The second kappa shape index (κ2) is 6.18. The van der Waals surface area contributed by atoms with Gasteiger partial charge in [0.25, 0.3) is 5.56 Å². The first-order valence-corrected chi connectivity index (χ1v) is 10.2. The van der Waals surface area contributed by atoms with Gasteiger partial charge in [0.15, 0.2) is 22.1 Å². The zero-order chi connectivity index (χ0) is 21.4. The highest BCUT2D eigenvalue weighted by Crippen LogP contribution is 2.51. The molecule has 0 amide bonds. The topological polar surface area (TPSA) is 74.5 Å². The lowest BCUT2D eigenvalue weighted by atomic mass is 9.81. The Morgan fingerprint density at radius 3 is 2.58 bits per heavy atom. The van der Waals surface area contributed by atoms with E-state index in [9.17, 15) is 9.59 Å². The van der Waals surface area contributed by atoms with Crippen LogP contribution >= 0.6 is 12.2 Å². The lowest BCUT2D eigenvalue weighted by Crippen LogP contribution is -2.34. The van der Waals surface area contributed by atoms with Gasteiger partial charge in [-0.2, -0.15) is 0 Å². The zero-order valence-corrected chi connectivity index (χ0v) is 17.6. The van der Waals surface area contributed by atoms with Gasteiger partial charge in [0.2, 0.25) is 6.79 Å². The van der Waals surface area contributed by atoms with E-state index in [4.69, 9.17) is 21.7 Å². The quantitative estimate of drug-likeness (QED) is 0.596. The van der Waals surface area contributed by atoms with Crippen LogP contribution in [0.5, 0.6) is 11.5 Å². The predicted molar refractivity (Wildman–Crippen MR) is 117 cm³/mol. The van der Waals surface area contributed by atoms with Crippen LogP contribution in [-0.4, -0.2) is 21.7 Å². The van der Waals surface area contributed by atoms with Gasteiger partial charge in [-0.05, 0) is 18.3 Å². The van der Waals surface area contributed by atoms with Crippen LogP contribution in [0.15, 0.2) is 52.8 Å². The van der Waals surface area contributed by atoms with E-state index in [1.165, 1.54) is 4.57 Å². The number of ether oxygens (including phenoxy) is 2. The molecule has 3 heterocycles. The summed E-state index contributed by atoms with van der Waals surface area (Å²) >= 11 is 5.48. The first-order valence-electron chi connectivity index (χ1n) is 9.82. The maximum Gasteiger partial charge on any atom is 0.260 e. The number of Topliss-reactive ketones (excluding diaryl/α,β-unsaturated/α-hetero) is 1. The van der Waals surface area contributed by atoms with Crippen LogP contribution in [0.1, 0.15) is 33.0 Å². The normalized spacial score (nSPS) is 17.9. The molecule has 0 radical (unpaired) electrons. The van der Waals surface area contributed by atoms with Crippen molar-refractivity contribution in [2.75, 3.05) is 12.1 Å². The molecule has 1 unspecified atom stereocenters. The zero-order valence-electron chi connectivity index (χ0n) is 16.8. The molecule has 7 nitrogen and oxygen atoms in total. The van der Waals surface area contributed by atoms with E-state index in [2.05, 4.69) is 5.32 Å². The summed E-state index contributed by atoms with van der Waals surface area (Å²) in [6, 6.07) is 13.0. The molecule has 3 aromatic rings. The lowest BCUT2D eigenvalue weighted by Gasteiger charge is -2.30. The Bertz CT molecular complexity index is 1480. The fraction of sp³-hybridized carbons (Fsp3) is 0.174. The predicted octanol–water partition coefficient (Wildman–Crippen LogP) is 3.35. The molecule has 0 fully saturated rings. The standard InChI is InChI=1S/C23H17N3O4S/c1-25-21-17(22(28)26(2)23(25)31)15(13-8-5-9-14-20(13)30-10-29-14)16-18(24-21)11-6-3-4-7-12(11)19(16)27/h3-9,15,24H,10H2,1-2H3. The molecule has 1 N–H and O–H groups in total. The van der Waals surface area contributed by atoms with Crippen molar-refractivity contribution in [3.05, 3.63) is 85.4 Å². The summed E-state index contributed by atoms with van der Waals surface area (Å²) in [6.45, 7) is 0.0983. The van der Waals surface area contributed by atoms with E-state index in [1.807, 2.05) is 49.5 Å². The highest BCUT2D eigenvalue weighted by molar-refractivity contribution is 7.71. The molecular weight excluding hydrogens is 414 g/mol. The average molecular weight is 431 g/mol. The Morgan fingerprint density at radius 2 is 1.77 bits per heavy atom. The SMILES string of the molecule is Cn1c2c(c(=O)n(C)c1=S)C(c1cccc3c1OCO3)C1=C(N2)c2ccccc2C1=O. The first-order chi connectivity index (χ1) is 15.0. The van der Waals surface area contributed by atoms with Gasteiger partial charge in [-0.15, -0.1) is 0 Å². The number of aromatic nitrogens is 2. The number of benzene rings is 2. The van der Waals surface area contributed by atoms with Crippen LogP contribution in [-0.2, 0) is 14.1 Å². The number of fused-ring (bicyclic) bond motifs is 4. The maximum absolute atomic E-state index is 13.6. The minimum atomic E-state index is -0.622. The summed E-state index contributed by atoms with van der Waals surface area (Å²) in [5, 5.41) is 3.36. The molecule has 31 heavy (non-hydrogen) atoms. The largest absolute Gasteiger partial charge is 0.454 e. The summed E-state index contributed by atoms with van der Waals surface area (Å²) < 4.78 is 14.9. The Balaban J connectivity index is 1.74. The molecule has 2 aromatic carbocycles. The van der Waals surface area contributed by atoms with Crippen molar-refractivity contribution in [3.63, 3.8) is 0 Å². The Kier molecular flexibility index (Phi) is 3.62. The van der Waals surface area contributed by atoms with Crippen molar-refractivity contribution < 1.29 is 14.3 Å². The first kappa shape index (κ1) is 18.1. The van der Waals surface area contributed by atoms with Crippen LogP contribution in [0.3, 0.4) is 0 Å². The molecule has 1 atom stereocenters. The molecule has 3 aliphatic rings. The maximum atomic E-state index is 13.6. The minimum Gasteiger partial charge on any atom is -0.454 e. The number of allylic oxidation sites excluding steroid dienone is 1. The second-order valence-electron chi connectivity index (χ2n) is 7.77. The average Bonchev–Trinajstić information content (AvgIpc) is 3.38. The lowest BCUT2D eigenvalue weighted by molar-refractivity contribution is 0.103. The van der Waals surface area contributed by atoms with Crippen molar-refractivity contribution in [1.29, 1.82) is 0 Å². The monoisotopic (exact) mass is 431 g/mol. The highest BCUT2D eigenvalue weighted by atomic mass is 32.1. The van der Waals surface area contributed by atoms with Crippen molar-refractivity contribution in [2.45, 2.75) is 5.92 Å². The van der Waals surface area contributed by atoms with Crippen molar-refractivity contribution >= 4 is 29.5 Å². The molecule has 0 saturated carbocycles. The summed E-state index contributed by atoms with van der Waals surface area (Å²) in [5.41, 5.74) is 3.60. The van der Waals surface area contributed by atoms with Crippen LogP contribution in [0.2, 0.25) is 0 Å². The van der Waals surface area contributed by atoms with E-state index in [0.29, 0.717) is 44.5 Å². The molecule has 154 valence electrons. The van der Waals surface area contributed by atoms with E-state index < -0.39 is 5.92 Å². The second-order valence-corrected chi connectivity index (χ2v) is 8.14. The van der Waals surface area contributed by atoms with Crippen LogP contribution in [0.25, 0.3) is 5.70 Å². The molecule has 8 heteroatoms. The molecule has 1 aliphatic carbocycles. The van der Waals surface area contributed by atoms with Gasteiger partial charge in [0, 0.05) is 36.4 Å². The van der Waals surface area contributed by atoms with E-state index in [0.717, 1.165) is 11.1 Å². The molecule has 0 bridgehead atoms. The van der Waals surface area contributed by atoms with Crippen molar-refractivity contribution in [1.82, 2.24) is 9.13 Å². The smallest absolute Gasteiger partial charge is 0.260 e. The van der Waals surface area contributed by atoms with E-state index >= 15 is 0 Å². The third kappa shape index (κ3) is 2.25. The summed E-state index contributed by atoms with van der Waals surface area (Å²) in [6.07, 6.45) is 0. The van der Waals surface area contributed by atoms with Crippen LogP contribution in [0, 0.1) is 4.77 Å². The summed E-state index contributed by atoms with van der Waals surface area (Å²) in [7, 11) is 3.46. The number of ketones is 1. The number of hydrogen-bond donors (Lipinski definition) is 1. The van der Waals surface area contributed by atoms with Crippen molar-refractivity contribution in [3.8, 4) is 11.5 Å². The minimum absolute atomic E-state index is 0.0983. The number of anilines is 1. The summed E-state index contributed by atoms with van der Waals surface area (Å²) in [4.78, 5) is 27.0. The molecule has 0 spiro atoms. The Labute approximate surface area is 182 Å². The molecular formula is C23H17N3O4S. The van der Waals surface area contributed by atoms with E-state index in [1.54, 1.807) is 11.6 Å². The number of nitrogens with zero attached hydrogens (tertiary/aromatic N) is 2. The number of carbonyl (C=O) groups excluding carboxylic acids is 1. The van der Waals surface area contributed by atoms with Crippen molar-refractivity contribution in [2.24, 2.45) is 14.1 Å². The number of nitrogens with one attached hydrogen (secondary N) is 1. The molecule has 0 saturated heterocycles. The number of hydrogen-bond acceptors (Lipinski definition) is 6. The fourth-order valence-corrected chi connectivity index (χ4v) is 4.92. The number of carbonyl (C=O) groups is 1. The molecule has 1 aromatic heterocycles. The Hall–Kier alpha value is -3.65. The van der Waals surface area contributed by atoms with Crippen LogP contribution in [0.4, 0.5) is 5.82 Å². The van der Waals surface area contributed by atoms with Gasteiger partial charge in [0.05, 0.1) is 17.2 Å².